The second-order valence-electron chi connectivity index (χ2n) is 4.42. The lowest BCUT2D eigenvalue weighted by atomic mass is 10.2. The van der Waals surface area contributed by atoms with E-state index in [9.17, 15) is 9.59 Å². The van der Waals surface area contributed by atoms with Crippen LogP contribution < -0.4 is 15.6 Å². The summed E-state index contributed by atoms with van der Waals surface area (Å²) in [4.78, 5) is 23.2. The molecule has 2 amide bonds. The predicted molar refractivity (Wildman–Crippen MR) is 77.4 cm³/mol. The molecule has 1 rings (SSSR count). The van der Waals surface area contributed by atoms with Gasteiger partial charge in [0, 0.05) is 12.0 Å². The molecular weight excluding hydrogens is 256 g/mol. The molecule has 0 saturated carbocycles. The van der Waals surface area contributed by atoms with Gasteiger partial charge in [-0.05, 0) is 37.6 Å². The molecule has 0 aliphatic carbocycles. The first kappa shape index (κ1) is 16.0. The van der Waals surface area contributed by atoms with E-state index in [-0.39, 0.29) is 11.8 Å². The zero-order valence-corrected chi connectivity index (χ0v) is 12.1. The summed E-state index contributed by atoms with van der Waals surface area (Å²) in [6.07, 6.45) is 3.34. The molecule has 0 bridgehead atoms. The minimum atomic E-state index is -0.336. The van der Waals surface area contributed by atoms with Crippen LogP contribution in [0.15, 0.2) is 24.3 Å². The topological polar surface area (TPSA) is 67.4 Å². The number of carbonyl (C=O) groups excluding carboxylic acids is 2. The minimum absolute atomic E-state index is 0.169. The number of unbranched alkanes of at least 4 members (excludes halogenated alkanes) is 2. The van der Waals surface area contributed by atoms with Crippen molar-refractivity contribution in [1.29, 1.82) is 0 Å². The van der Waals surface area contributed by atoms with Crippen LogP contribution in [-0.2, 0) is 4.79 Å². The summed E-state index contributed by atoms with van der Waals surface area (Å²) in [5.74, 6) is 0.210. The monoisotopic (exact) mass is 278 g/mol. The highest BCUT2D eigenvalue weighted by atomic mass is 16.5. The van der Waals surface area contributed by atoms with Gasteiger partial charge in [0.05, 0.1) is 6.61 Å². The molecule has 0 unspecified atom stereocenters. The highest BCUT2D eigenvalue weighted by molar-refractivity contribution is 5.95. The zero-order chi connectivity index (χ0) is 14.8. The maximum Gasteiger partial charge on any atom is 0.269 e. The van der Waals surface area contributed by atoms with E-state index in [0.717, 1.165) is 19.3 Å². The Kier molecular flexibility index (Phi) is 7.17. The molecule has 0 aliphatic rings. The van der Waals surface area contributed by atoms with Gasteiger partial charge in [-0.1, -0.05) is 19.8 Å². The minimum Gasteiger partial charge on any atom is -0.494 e. The van der Waals surface area contributed by atoms with Gasteiger partial charge < -0.3 is 4.74 Å². The summed E-state index contributed by atoms with van der Waals surface area (Å²) in [6, 6.07) is 6.76. The van der Waals surface area contributed by atoms with Crippen LogP contribution in [0.25, 0.3) is 0 Å². The SMILES string of the molecule is CCCCCC(=O)NNC(=O)c1ccc(OCC)cc1. The molecular formula is C15H22N2O3. The third kappa shape index (κ3) is 5.73. The maximum atomic E-state index is 11.8. The van der Waals surface area contributed by atoms with Gasteiger partial charge in [0.15, 0.2) is 0 Å². The first-order valence-electron chi connectivity index (χ1n) is 6.99. The van der Waals surface area contributed by atoms with Gasteiger partial charge in [0.2, 0.25) is 5.91 Å². The van der Waals surface area contributed by atoms with E-state index in [2.05, 4.69) is 17.8 Å². The van der Waals surface area contributed by atoms with Crippen molar-refractivity contribution in [2.45, 2.75) is 39.5 Å². The number of nitrogens with one attached hydrogen (secondary N) is 2. The lowest BCUT2D eigenvalue weighted by Gasteiger charge is -2.08. The highest BCUT2D eigenvalue weighted by Gasteiger charge is 2.07. The van der Waals surface area contributed by atoms with Crippen LogP contribution >= 0.6 is 0 Å². The Bertz CT molecular complexity index is 429. The fourth-order valence-electron chi connectivity index (χ4n) is 1.67. The first-order valence-corrected chi connectivity index (χ1v) is 6.99. The fraction of sp³-hybridized carbons (Fsp3) is 0.467. The van der Waals surface area contributed by atoms with Gasteiger partial charge in [-0.25, -0.2) is 0 Å². The lowest BCUT2D eigenvalue weighted by molar-refractivity contribution is -0.121. The number of hydrogen-bond donors (Lipinski definition) is 2. The van der Waals surface area contributed by atoms with E-state index in [1.807, 2.05) is 6.92 Å². The van der Waals surface area contributed by atoms with Crippen molar-refractivity contribution in [3.05, 3.63) is 29.8 Å². The van der Waals surface area contributed by atoms with Crippen LogP contribution in [0.3, 0.4) is 0 Å². The van der Waals surface area contributed by atoms with Crippen LogP contribution in [0.4, 0.5) is 0 Å². The van der Waals surface area contributed by atoms with Gasteiger partial charge in [-0.2, -0.15) is 0 Å². The van der Waals surface area contributed by atoms with Gasteiger partial charge >= 0.3 is 0 Å². The van der Waals surface area contributed by atoms with Crippen LogP contribution in [0.1, 0.15) is 49.9 Å². The summed E-state index contributed by atoms with van der Waals surface area (Å²) in [5.41, 5.74) is 5.28. The Balaban J connectivity index is 2.36. The number of hydrogen-bond acceptors (Lipinski definition) is 3. The average Bonchev–Trinajstić information content (AvgIpc) is 2.46. The summed E-state index contributed by atoms with van der Waals surface area (Å²) >= 11 is 0. The highest BCUT2D eigenvalue weighted by Crippen LogP contribution is 2.11. The second-order valence-corrected chi connectivity index (χ2v) is 4.42. The van der Waals surface area contributed by atoms with E-state index in [1.165, 1.54) is 0 Å². The molecule has 2 N–H and O–H groups in total. The number of hydrazine groups is 1. The second kappa shape index (κ2) is 8.96. The van der Waals surface area contributed by atoms with E-state index in [1.54, 1.807) is 24.3 Å². The predicted octanol–water partition coefficient (Wildman–Crippen LogP) is 2.43. The van der Waals surface area contributed by atoms with E-state index in [4.69, 9.17) is 4.74 Å². The van der Waals surface area contributed by atoms with Crippen molar-refractivity contribution >= 4 is 11.8 Å². The van der Waals surface area contributed by atoms with Crippen molar-refractivity contribution in [2.75, 3.05) is 6.61 Å². The van der Waals surface area contributed by atoms with Crippen molar-refractivity contribution < 1.29 is 14.3 Å². The van der Waals surface area contributed by atoms with Crippen molar-refractivity contribution in [3.63, 3.8) is 0 Å². The average molecular weight is 278 g/mol. The van der Waals surface area contributed by atoms with Crippen LogP contribution in [0.5, 0.6) is 5.75 Å². The molecule has 20 heavy (non-hydrogen) atoms. The lowest BCUT2D eigenvalue weighted by Crippen LogP contribution is -2.41. The maximum absolute atomic E-state index is 11.8. The van der Waals surface area contributed by atoms with Gasteiger partial charge in [-0.15, -0.1) is 0 Å². The van der Waals surface area contributed by atoms with Gasteiger partial charge in [-0.3, -0.25) is 20.4 Å². The summed E-state index contributed by atoms with van der Waals surface area (Å²) in [6.45, 7) is 4.56. The molecule has 0 fully saturated rings. The number of rotatable bonds is 7. The Morgan fingerprint density at radius 1 is 1.05 bits per heavy atom. The summed E-state index contributed by atoms with van der Waals surface area (Å²) < 4.78 is 5.29. The Morgan fingerprint density at radius 3 is 2.35 bits per heavy atom. The van der Waals surface area contributed by atoms with E-state index >= 15 is 0 Å². The van der Waals surface area contributed by atoms with E-state index in [0.29, 0.717) is 24.3 Å². The molecule has 0 heterocycles. The van der Waals surface area contributed by atoms with Crippen molar-refractivity contribution in [1.82, 2.24) is 10.9 Å². The number of carbonyl (C=O) groups is 2. The van der Waals surface area contributed by atoms with Crippen LogP contribution in [0, 0.1) is 0 Å². The summed E-state index contributed by atoms with van der Waals surface area (Å²) in [5, 5.41) is 0. The number of ether oxygens (including phenoxy) is 1. The van der Waals surface area contributed by atoms with Gasteiger partial charge in [0.1, 0.15) is 5.75 Å². The molecule has 0 spiro atoms. The normalized spacial score (nSPS) is 9.90. The van der Waals surface area contributed by atoms with E-state index < -0.39 is 0 Å². The Labute approximate surface area is 119 Å². The molecule has 0 radical (unpaired) electrons. The van der Waals surface area contributed by atoms with Crippen LogP contribution in [0.2, 0.25) is 0 Å². The largest absolute Gasteiger partial charge is 0.494 e. The number of amides is 2. The van der Waals surface area contributed by atoms with Crippen LogP contribution in [-0.4, -0.2) is 18.4 Å². The Morgan fingerprint density at radius 2 is 1.75 bits per heavy atom. The van der Waals surface area contributed by atoms with Crippen molar-refractivity contribution in [3.8, 4) is 5.75 Å². The molecule has 110 valence electrons. The smallest absolute Gasteiger partial charge is 0.269 e. The standard InChI is InChI=1S/C15H22N2O3/c1-3-5-6-7-14(18)16-17-15(19)12-8-10-13(11-9-12)20-4-2/h8-11H,3-7H2,1-2H3,(H,16,18)(H,17,19). The molecule has 0 atom stereocenters. The molecule has 5 heteroatoms. The fourth-order valence-corrected chi connectivity index (χ4v) is 1.67. The van der Waals surface area contributed by atoms with Gasteiger partial charge in [0.25, 0.3) is 5.91 Å². The molecule has 1 aromatic carbocycles. The third-order valence-corrected chi connectivity index (χ3v) is 2.75. The molecule has 0 aromatic heterocycles. The Hall–Kier alpha value is -2.04. The summed E-state index contributed by atoms with van der Waals surface area (Å²) in [7, 11) is 0. The zero-order valence-electron chi connectivity index (χ0n) is 12.1. The molecule has 5 nitrogen and oxygen atoms in total. The molecule has 0 saturated heterocycles. The quantitative estimate of drug-likeness (QED) is 0.594. The van der Waals surface area contributed by atoms with Crippen molar-refractivity contribution in [2.24, 2.45) is 0 Å². The first-order chi connectivity index (χ1) is 9.67. The molecule has 0 aliphatic heterocycles. The number of benzene rings is 1. The molecule has 1 aromatic rings. The third-order valence-electron chi connectivity index (χ3n) is 2.75.